The molecule has 2 aliphatic rings. The fraction of sp³-hybridized carbons (Fsp3) is 0.562. The van der Waals surface area contributed by atoms with Gasteiger partial charge in [0, 0.05) is 31.6 Å². The Labute approximate surface area is 127 Å². The summed E-state index contributed by atoms with van der Waals surface area (Å²) in [6.07, 6.45) is -3.58. The number of rotatable bonds is 2. The maximum atomic E-state index is 12.6. The summed E-state index contributed by atoms with van der Waals surface area (Å²) in [6, 6.07) is 5.38. The molecule has 3 nitrogen and oxygen atoms in total. The second-order valence-corrected chi connectivity index (χ2v) is 6.15. The highest BCUT2D eigenvalue weighted by Crippen LogP contribution is 2.49. The van der Waals surface area contributed by atoms with Gasteiger partial charge in [-0.2, -0.15) is 13.2 Å². The minimum Gasteiger partial charge on any atom is -0.337 e. The molecule has 3 rings (SSSR count). The van der Waals surface area contributed by atoms with E-state index in [9.17, 15) is 18.0 Å². The molecule has 1 heterocycles. The van der Waals surface area contributed by atoms with Crippen molar-refractivity contribution in [1.82, 2.24) is 10.2 Å². The molecule has 6 heteroatoms. The Morgan fingerprint density at radius 2 is 1.95 bits per heavy atom. The van der Waals surface area contributed by atoms with Crippen molar-refractivity contribution in [3.63, 3.8) is 0 Å². The largest absolute Gasteiger partial charge is 0.416 e. The van der Waals surface area contributed by atoms with Crippen LogP contribution >= 0.6 is 0 Å². The summed E-state index contributed by atoms with van der Waals surface area (Å²) < 4.78 is 37.7. The normalized spacial score (nSPS) is 28.5. The predicted molar refractivity (Wildman–Crippen MR) is 76.3 cm³/mol. The maximum absolute atomic E-state index is 12.6. The van der Waals surface area contributed by atoms with Crippen LogP contribution in [-0.2, 0) is 11.0 Å². The van der Waals surface area contributed by atoms with Gasteiger partial charge in [0.05, 0.1) is 5.56 Å². The van der Waals surface area contributed by atoms with Gasteiger partial charge in [0.25, 0.3) is 0 Å². The number of carbonyl (C=O) groups is 1. The summed E-state index contributed by atoms with van der Waals surface area (Å²) >= 11 is 0. The first kappa shape index (κ1) is 15.3. The van der Waals surface area contributed by atoms with Gasteiger partial charge in [-0.3, -0.25) is 4.79 Å². The molecule has 22 heavy (non-hydrogen) atoms. The number of alkyl halides is 3. The topological polar surface area (TPSA) is 32.3 Å². The van der Waals surface area contributed by atoms with Gasteiger partial charge in [-0.05, 0) is 37.0 Å². The van der Waals surface area contributed by atoms with Crippen LogP contribution in [-0.4, -0.2) is 36.5 Å². The predicted octanol–water partition coefficient (Wildman–Crippen LogP) is 2.63. The summed E-state index contributed by atoms with van der Waals surface area (Å²) in [4.78, 5) is 14.4. The first-order valence-electron chi connectivity index (χ1n) is 7.56. The number of nitrogens with zero attached hydrogens (tertiary/aromatic N) is 1. The Hall–Kier alpha value is -1.56. The Morgan fingerprint density at radius 3 is 2.55 bits per heavy atom. The molecule has 0 spiro atoms. The molecular weight excluding hydrogens is 293 g/mol. The van der Waals surface area contributed by atoms with Crippen LogP contribution in [0.15, 0.2) is 24.3 Å². The second kappa shape index (κ2) is 5.57. The highest BCUT2D eigenvalue weighted by atomic mass is 19.4. The average Bonchev–Trinajstić information content (AvgIpc) is 3.27. The SMILES string of the molecule is CC1CNCCN1C(=O)C1CC1c1ccc(C(F)(F)F)cc1. The molecule has 0 aromatic heterocycles. The lowest BCUT2D eigenvalue weighted by Crippen LogP contribution is -2.52. The van der Waals surface area contributed by atoms with Gasteiger partial charge >= 0.3 is 6.18 Å². The van der Waals surface area contributed by atoms with Crippen LogP contribution in [0.2, 0.25) is 0 Å². The van der Waals surface area contributed by atoms with Crippen molar-refractivity contribution >= 4 is 5.91 Å². The van der Waals surface area contributed by atoms with Gasteiger partial charge < -0.3 is 10.2 Å². The maximum Gasteiger partial charge on any atom is 0.416 e. The van der Waals surface area contributed by atoms with Gasteiger partial charge in [0.2, 0.25) is 5.91 Å². The van der Waals surface area contributed by atoms with E-state index < -0.39 is 11.7 Å². The lowest BCUT2D eigenvalue weighted by atomic mass is 10.1. The van der Waals surface area contributed by atoms with Crippen LogP contribution in [0.3, 0.4) is 0 Å². The van der Waals surface area contributed by atoms with E-state index in [0.717, 1.165) is 37.2 Å². The molecule has 0 bridgehead atoms. The van der Waals surface area contributed by atoms with E-state index in [0.29, 0.717) is 6.54 Å². The fourth-order valence-electron chi connectivity index (χ4n) is 3.14. The third-order valence-electron chi connectivity index (χ3n) is 4.56. The molecule has 1 saturated heterocycles. The van der Waals surface area contributed by atoms with Gasteiger partial charge in [0.15, 0.2) is 0 Å². The molecule has 120 valence electrons. The van der Waals surface area contributed by atoms with Crippen molar-refractivity contribution in [3.8, 4) is 0 Å². The number of halogens is 3. The van der Waals surface area contributed by atoms with Crippen molar-refractivity contribution < 1.29 is 18.0 Å². The van der Waals surface area contributed by atoms with E-state index in [-0.39, 0.29) is 23.8 Å². The molecule has 1 aliphatic heterocycles. The van der Waals surface area contributed by atoms with E-state index in [4.69, 9.17) is 0 Å². The summed E-state index contributed by atoms with van der Waals surface area (Å²) in [7, 11) is 0. The van der Waals surface area contributed by atoms with Gasteiger partial charge in [-0.15, -0.1) is 0 Å². The van der Waals surface area contributed by atoms with Crippen LogP contribution in [0, 0.1) is 5.92 Å². The van der Waals surface area contributed by atoms with Crippen molar-refractivity contribution in [2.24, 2.45) is 5.92 Å². The Bertz CT molecular complexity index is 556. The standard InChI is InChI=1S/C16H19F3N2O/c1-10-9-20-6-7-21(10)15(22)14-8-13(14)11-2-4-12(5-3-11)16(17,18)19/h2-5,10,13-14,20H,6-9H2,1H3. The first-order chi connectivity index (χ1) is 10.4. The smallest absolute Gasteiger partial charge is 0.337 e. The van der Waals surface area contributed by atoms with E-state index >= 15 is 0 Å². The number of hydrogen-bond acceptors (Lipinski definition) is 2. The van der Waals surface area contributed by atoms with Crippen LogP contribution < -0.4 is 5.32 Å². The molecule has 2 fully saturated rings. The minimum atomic E-state index is -4.31. The van der Waals surface area contributed by atoms with Crippen molar-refractivity contribution in [2.45, 2.75) is 31.5 Å². The number of carbonyl (C=O) groups excluding carboxylic acids is 1. The molecule has 1 amide bonds. The van der Waals surface area contributed by atoms with E-state index in [2.05, 4.69) is 5.32 Å². The zero-order valence-electron chi connectivity index (χ0n) is 12.4. The highest BCUT2D eigenvalue weighted by Gasteiger charge is 2.46. The van der Waals surface area contributed by atoms with Crippen molar-refractivity contribution in [3.05, 3.63) is 35.4 Å². The number of piperazine rings is 1. The summed E-state index contributed by atoms with van der Waals surface area (Å²) in [5.41, 5.74) is 0.185. The van der Waals surface area contributed by atoms with Crippen LogP contribution in [0.4, 0.5) is 13.2 Å². The highest BCUT2D eigenvalue weighted by molar-refractivity contribution is 5.83. The molecular formula is C16H19F3N2O. The zero-order chi connectivity index (χ0) is 15.9. The average molecular weight is 312 g/mol. The van der Waals surface area contributed by atoms with Crippen LogP contribution in [0.1, 0.15) is 30.4 Å². The number of benzene rings is 1. The van der Waals surface area contributed by atoms with E-state index in [1.807, 2.05) is 11.8 Å². The van der Waals surface area contributed by atoms with Gasteiger partial charge in [0.1, 0.15) is 0 Å². The molecule has 3 atom stereocenters. The molecule has 1 aromatic rings. The molecule has 3 unspecified atom stereocenters. The fourth-order valence-corrected chi connectivity index (χ4v) is 3.14. The summed E-state index contributed by atoms with van der Waals surface area (Å²) in [5, 5.41) is 3.24. The minimum absolute atomic E-state index is 0.0665. The van der Waals surface area contributed by atoms with E-state index in [1.165, 1.54) is 12.1 Å². The molecule has 1 saturated carbocycles. The Morgan fingerprint density at radius 1 is 1.27 bits per heavy atom. The third-order valence-corrected chi connectivity index (χ3v) is 4.56. The lowest BCUT2D eigenvalue weighted by Gasteiger charge is -2.34. The van der Waals surface area contributed by atoms with Gasteiger partial charge in [-0.25, -0.2) is 0 Å². The molecule has 0 radical (unpaired) electrons. The first-order valence-corrected chi connectivity index (χ1v) is 7.56. The van der Waals surface area contributed by atoms with Crippen molar-refractivity contribution in [1.29, 1.82) is 0 Å². The summed E-state index contributed by atoms with van der Waals surface area (Å²) in [5.74, 6) is 0.132. The quantitative estimate of drug-likeness (QED) is 0.910. The second-order valence-electron chi connectivity index (χ2n) is 6.15. The van der Waals surface area contributed by atoms with Gasteiger partial charge in [-0.1, -0.05) is 12.1 Å². The zero-order valence-corrected chi connectivity index (χ0v) is 12.4. The van der Waals surface area contributed by atoms with Crippen LogP contribution in [0.25, 0.3) is 0 Å². The van der Waals surface area contributed by atoms with Crippen molar-refractivity contribution in [2.75, 3.05) is 19.6 Å². The lowest BCUT2D eigenvalue weighted by molar-refractivity contribution is -0.138. The molecule has 1 aliphatic carbocycles. The third kappa shape index (κ3) is 2.97. The number of hydrogen-bond donors (Lipinski definition) is 1. The molecule has 1 N–H and O–H groups in total. The monoisotopic (exact) mass is 312 g/mol. The van der Waals surface area contributed by atoms with Crippen LogP contribution in [0.5, 0.6) is 0 Å². The van der Waals surface area contributed by atoms with E-state index in [1.54, 1.807) is 0 Å². The Balaban J connectivity index is 1.65. The summed E-state index contributed by atoms with van der Waals surface area (Å²) in [6.45, 7) is 4.31. The number of nitrogens with one attached hydrogen (secondary N) is 1. The number of amides is 1. The molecule has 1 aromatic carbocycles. The Kier molecular flexibility index (Phi) is 3.89.